The maximum absolute atomic E-state index is 12.0. The lowest BCUT2D eigenvalue weighted by atomic mass is 10.0. The van der Waals surface area contributed by atoms with Crippen molar-refractivity contribution in [2.75, 3.05) is 12.9 Å². The molecular formula is C13H17ClO4S. The molecule has 6 heteroatoms. The van der Waals surface area contributed by atoms with E-state index in [-0.39, 0.29) is 5.75 Å². The van der Waals surface area contributed by atoms with Crippen LogP contribution in [0.2, 0.25) is 5.02 Å². The molecule has 0 saturated carbocycles. The number of sulfone groups is 1. The molecule has 1 aliphatic heterocycles. The second-order valence-corrected chi connectivity index (χ2v) is 7.49. The van der Waals surface area contributed by atoms with Gasteiger partial charge in [0.2, 0.25) is 0 Å². The molecule has 0 aromatic heterocycles. The van der Waals surface area contributed by atoms with Crippen molar-refractivity contribution >= 4 is 21.4 Å². The molecule has 0 amide bonds. The minimum atomic E-state index is -3.22. The van der Waals surface area contributed by atoms with Crippen LogP contribution in [0.1, 0.15) is 30.9 Å². The van der Waals surface area contributed by atoms with Gasteiger partial charge in [-0.15, -0.1) is 0 Å². The van der Waals surface area contributed by atoms with Gasteiger partial charge in [-0.2, -0.15) is 0 Å². The number of hydrogen-bond donors (Lipinski definition) is 1. The smallest absolute Gasteiger partial charge is 0.156 e. The molecule has 2 unspecified atom stereocenters. The number of aliphatic hydroxyl groups is 1. The highest BCUT2D eigenvalue weighted by molar-refractivity contribution is 7.92. The van der Waals surface area contributed by atoms with E-state index < -0.39 is 21.2 Å². The molecule has 2 atom stereocenters. The average molecular weight is 305 g/mol. The first kappa shape index (κ1) is 14.6. The van der Waals surface area contributed by atoms with Gasteiger partial charge < -0.3 is 9.84 Å². The van der Waals surface area contributed by atoms with Crippen molar-refractivity contribution in [1.82, 2.24) is 0 Å². The van der Waals surface area contributed by atoms with Gasteiger partial charge in [0.1, 0.15) is 5.75 Å². The lowest BCUT2D eigenvalue weighted by Crippen LogP contribution is -2.33. The minimum Gasteiger partial charge on any atom is -0.495 e. The van der Waals surface area contributed by atoms with Crippen LogP contribution in [0.4, 0.5) is 0 Å². The summed E-state index contributed by atoms with van der Waals surface area (Å²) in [6, 6.07) is 4.85. The Hall–Kier alpha value is -0.780. The molecule has 0 radical (unpaired) electrons. The summed E-state index contributed by atoms with van der Waals surface area (Å²) in [4.78, 5) is 0. The fourth-order valence-electron chi connectivity index (χ4n) is 2.42. The second kappa shape index (κ2) is 5.69. The molecular weight excluding hydrogens is 288 g/mol. The third kappa shape index (κ3) is 3.04. The standard InChI is InChI=1S/C13H17ClO4S/c1-18-11-6-5-9(8-10(11)14)13(15)12-4-2-3-7-19(12,16)17/h5-6,8,12-13,15H,2-4,7H2,1H3. The number of benzene rings is 1. The third-order valence-corrected chi connectivity index (χ3v) is 6.07. The average Bonchev–Trinajstić information content (AvgIpc) is 2.37. The summed E-state index contributed by atoms with van der Waals surface area (Å²) in [5.74, 6) is 0.655. The number of rotatable bonds is 3. The molecule has 0 spiro atoms. The summed E-state index contributed by atoms with van der Waals surface area (Å²) in [6.45, 7) is 0. The summed E-state index contributed by atoms with van der Waals surface area (Å²) >= 11 is 6.00. The van der Waals surface area contributed by atoms with Crippen LogP contribution < -0.4 is 4.74 Å². The molecule has 1 fully saturated rings. The van der Waals surface area contributed by atoms with Crippen LogP contribution in [0.25, 0.3) is 0 Å². The third-order valence-electron chi connectivity index (χ3n) is 3.50. The van der Waals surface area contributed by atoms with Gasteiger partial charge in [0, 0.05) is 0 Å². The van der Waals surface area contributed by atoms with Gasteiger partial charge in [-0.05, 0) is 30.5 Å². The molecule has 1 aliphatic rings. The highest BCUT2D eigenvalue weighted by atomic mass is 35.5. The molecule has 1 aromatic rings. The Morgan fingerprint density at radius 3 is 2.74 bits per heavy atom. The van der Waals surface area contributed by atoms with E-state index in [1.807, 2.05) is 0 Å². The molecule has 1 N–H and O–H groups in total. The zero-order chi connectivity index (χ0) is 14.0. The predicted octanol–water partition coefficient (Wildman–Crippen LogP) is 2.35. The number of ether oxygens (including phenoxy) is 1. The molecule has 1 heterocycles. The van der Waals surface area contributed by atoms with E-state index in [1.165, 1.54) is 7.11 Å². The fraction of sp³-hybridized carbons (Fsp3) is 0.538. The predicted molar refractivity (Wildman–Crippen MR) is 74.4 cm³/mol. The molecule has 0 aliphatic carbocycles. The van der Waals surface area contributed by atoms with Gasteiger partial charge in [-0.3, -0.25) is 0 Å². The molecule has 106 valence electrons. The van der Waals surface area contributed by atoms with Crippen molar-refractivity contribution in [2.45, 2.75) is 30.6 Å². The number of methoxy groups -OCH3 is 1. The molecule has 4 nitrogen and oxygen atoms in total. The monoisotopic (exact) mass is 304 g/mol. The zero-order valence-electron chi connectivity index (χ0n) is 10.7. The van der Waals surface area contributed by atoms with E-state index in [9.17, 15) is 13.5 Å². The Bertz CT molecular complexity index is 556. The van der Waals surface area contributed by atoms with Crippen molar-refractivity contribution in [2.24, 2.45) is 0 Å². The summed E-state index contributed by atoms with van der Waals surface area (Å²) in [7, 11) is -1.72. The van der Waals surface area contributed by atoms with E-state index in [1.54, 1.807) is 18.2 Å². The van der Waals surface area contributed by atoms with Crippen LogP contribution in [0.3, 0.4) is 0 Å². The van der Waals surface area contributed by atoms with Crippen molar-refractivity contribution in [3.63, 3.8) is 0 Å². The van der Waals surface area contributed by atoms with Crippen LogP contribution in [0.15, 0.2) is 18.2 Å². The van der Waals surface area contributed by atoms with Crippen LogP contribution >= 0.6 is 11.6 Å². The molecule has 0 bridgehead atoms. The maximum Gasteiger partial charge on any atom is 0.156 e. The fourth-order valence-corrected chi connectivity index (χ4v) is 4.67. The Morgan fingerprint density at radius 2 is 2.16 bits per heavy atom. The highest BCUT2D eigenvalue weighted by Crippen LogP contribution is 2.34. The van der Waals surface area contributed by atoms with Crippen LogP contribution in [-0.2, 0) is 9.84 Å². The van der Waals surface area contributed by atoms with Crippen LogP contribution in [0, 0.1) is 0 Å². The van der Waals surface area contributed by atoms with Crippen molar-refractivity contribution < 1.29 is 18.3 Å². The largest absolute Gasteiger partial charge is 0.495 e. The molecule has 1 saturated heterocycles. The quantitative estimate of drug-likeness (QED) is 0.931. The Kier molecular flexibility index (Phi) is 4.38. The zero-order valence-corrected chi connectivity index (χ0v) is 12.2. The second-order valence-electron chi connectivity index (χ2n) is 4.74. The van der Waals surface area contributed by atoms with E-state index in [0.717, 1.165) is 6.42 Å². The minimum absolute atomic E-state index is 0.151. The highest BCUT2D eigenvalue weighted by Gasteiger charge is 2.35. The Morgan fingerprint density at radius 1 is 1.42 bits per heavy atom. The summed E-state index contributed by atoms with van der Waals surface area (Å²) in [6.07, 6.45) is 0.959. The van der Waals surface area contributed by atoms with Gasteiger partial charge in [0.05, 0.1) is 29.2 Å². The number of halogens is 1. The van der Waals surface area contributed by atoms with Crippen molar-refractivity contribution in [3.8, 4) is 5.75 Å². The molecule has 1 aromatic carbocycles. The SMILES string of the molecule is COc1ccc(C(O)C2CCCCS2(=O)=O)cc1Cl. The van der Waals surface area contributed by atoms with Crippen molar-refractivity contribution in [3.05, 3.63) is 28.8 Å². The first-order valence-electron chi connectivity index (χ1n) is 6.19. The lowest BCUT2D eigenvalue weighted by molar-refractivity contribution is 0.164. The first-order chi connectivity index (χ1) is 8.95. The van der Waals surface area contributed by atoms with Gasteiger partial charge in [-0.1, -0.05) is 24.1 Å². The van der Waals surface area contributed by atoms with Gasteiger partial charge in [-0.25, -0.2) is 8.42 Å². The molecule has 2 rings (SSSR count). The Balaban J connectivity index is 2.28. The first-order valence-corrected chi connectivity index (χ1v) is 8.28. The van der Waals surface area contributed by atoms with E-state index in [0.29, 0.717) is 29.2 Å². The number of aliphatic hydroxyl groups excluding tert-OH is 1. The van der Waals surface area contributed by atoms with Gasteiger partial charge in [0.15, 0.2) is 9.84 Å². The number of hydrogen-bond acceptors (Lipinski definition) is 4. The van der Waals surface area contributed by atoms with Crippen molar-refractivity contribution in [1.29, 1.82) is 0 Å². The van der Waals surface area contributed by atoms with E-state index in [2.05, 4.69) is 0 Å². The van der Waals surface area contributed by atoms with Crippen LogP contribution in [-0.4, -0.2) is 31.6 Å². The maximum atomic E-state index is 12.0. The Labute approximate surface area is 118 Å². The van der Waals surface area contributed by atoms with Gasteiger partial charge >= 0.3 is 0 Å². The lowest BCUT2D eigenvalue weighted by Gasteiger charge is -2.27. The van der Waals surface area contributed by atoms with E-state index in [4.69, 9.17) is 16.3 Å². The normalized spacial score (nSPS) is 23.8. The van der Waals surface area contributed by atoms with E-state index >= 15 is 0 Å². The van der Waals surface area contributed by atoms with Gasteiger partial charge in [0.25, 0.3) is 0 Å². The molecule has 19 heavy (non-hydrogen) atoms. The summed E-state index contributed by atoms with van der Waals surface area (Å²) in [5, 5.41) is 9.93. The summed E-state index contributed by atoms with van der Waals surface area (Å²) in [5.41, 5.74) is 0.515. The van der Waals surface area contributed by atoms with Crippen LogP contribution in [0.5, 0.6) is 5.75 Å². The topological polar surface area (TPSA) is 63.6 Å². The summed E-state index contributed by atoms with van der Waals surface area (Å²) < 4.78 is 29.0.